The van der Waals surface area contributed by atoms with E-state index in [1.165, 1.54) is 0 Å². The first-order chi connectivity index (χ1) is 7.47. The average molecular weight is 219 g/mol. The number of nitrogens with one attached hydrogen (secondary N) is 2. The summed E-state index contributed by atoms with van der Waals surface area (Å²) in [6.45, 7) is 6.39. The Bertz CT molecular complexity index is 409. The normalized spacial score (nSPS) is 20.4. The summed E-state index contributed by atoms with van der Waals surface area (Å²) in [4.78, 5) is 15.7. The molecular formula is C12H17N3O. The second-order valence-corrected chi connectivity index (χ2v) is 5.24. The molecule has 0 fully saturated rings. The molecule has 16 heavy (non-hydrogen) atoms. The van der Waals surface area contributed by atoms with E-state index in [-0.39, 0.29) is 17.4 Å². The molecule has 0 radical (unpaired) electrons. The summed E-state index contributed by atoms with van der Waals surface area (Å²) in [5.41, 5.74) is 1.75. The molecule has 1 aromatic heterocycles. The van der Waals surface area contributed by atoms with Crippen molar-refractivity contribution in [3.63, 3.8) is 0 Å². The molecule has 0 aromatic carbocycles. The maximum atomic E-state index is 11.7. The Morgan fingerprint density at radius 1 is 1.38 bits per heavy atom. The lowest BCUT2D eigenvalue weighted by Gasteiger charge is -2.30. The van der Waals surface area contributed by atoms with Crippen LogP contribution in [-0.4, -0.2) is 16.9 Å². The first-order valence-corrected chi connectivity index (χ1v) is 5.47. The minimum atomic E-state index is 0.0409. The van der Waals surface area contributed by atoms with Crippen molar-refractivity contribution in [2.45, 2.75) is 33.2 Å². The summed E-state index contributed by atoms with van der Waals surface area (Å²) in [6.07, 6.45) is 3.88. The highest BCUT2D eigenvalue weighted by molar-refractivity contribution is 5.96. The van der Waals surface area contributed by atoms with E-state index in [0.29, 0.717) is 6.42 Å². The molecule has 2 heterocycles. The SMILES string of the molecule is CC(C)(C)C1CC(=O)Nc2cnccc2N1. The van der Waals surface area contributed by atoms with Crippen LogP contribution < -0.4 is 10.6 Å². The number of hydrogen-bond acceptors (Lipinski definition) is 3. The number of anilines is 2. The van der Waals surface area contributed by atoms with Gasteiger partial charge in [0.05, 0.1) is 17.6 Å². The highest BCUT2D eigenvalue weighted by atomic mass is 16.1. The maximum Gasteiger partial charge on any atom is 0.226 e. The second kappa shape index (κ2) is 3.77. The summed E-state index contributed by atoms with van der Waals surface area (Å²) in [7, 11) is 0. The molecule has 4 nitrogen and oxygen atoms in total. The van der Waals surface area contributed by atoms with E-state index in [2.05, 4.69) is 36.4 Å². The monoisotopic (exact) mass is 219 g/mol. The van der Waals surface area contributed by atoms with Gasteiger partial charge in [0.1, 0.15) is 0 Å². The molecule has 0 bridgehead atoms. The quantitative estimate of drug-likeness (QED) is 0.703. The summed E-state index contributed by atoms with van der Waals surface area (Å²) >= 11 is 0. The first-order valence-electron chi connectivity index (χ1n) is 5.47. The molecular weight excluding hydrogens is 202 g/mol. The van der Waals surface area contributed by atoms with Crippen LogP contribution in [0.4, 0.5) is 11.4 Å². The number of aromatic nitrogens is 1. The number of nitrogens with zero attached hydrogens (tertiary/aromatic N) is 1. The van der Waals surface area contributed by atoms with Gasteiger partial charge in [0.2, 0.25) is 5.91 Å². The topological polar surface area (TPSA) is 54.0 Å². The van der Waals surface area contributed by atoms with E-state index in [9.17, 15) is 4.79 Å². The third kappa shape index (κ3) is 2.15. The van der Waals surface area contributed by atoms with Crippen molar-refractivity contribution < 1.29 is 4.79 Å². The van der Waals surface area contributed by atoms with Crippen LogP contribution in [0.3, 0.4) is 0 Å². The summed E-state index contributed by atoms with van der Waals surface area (Å²) < 4.78 is 0. The largest absolute Gasteiger partial charge is 0.379 e. The lowest BCUT2D eigenvalue weighted by Crippen LogP contribution is -2.35. The van der Waals surface area contributed by atoms with E-state index in [1.54, 1.807) is 12.4 Å². The van der Waals surface area contributed by atoms with Crippen LogP contribution in [0.5, 0.6) is 0 Å². The third-order valence-corrected chi connectivity index (χ3v) is 2.86. The molecule has 4 heteroatoms. The third-order valence-electron chi connectivity index (χ3n) is 2.86. The van der Waals surface area contributed by atoms with Crippen molar-refractivity contribution in [1.29, 1.82) is 0 Å². The van der Waals surface area contributed by atoms with Gasteiger partial charge >= 0.3 is 0 Å². The molecule has 1 aliphatic heterocycles. The zero-order valence-corrected chi connectivity index (χ0v) is 9.87. The molecule has 2 N–H and O–H groups in total. The van der Waals surface area contributed by atoms with Crippen LogP contribution in [0.15, 0.2) is 18.5 Å². The molecule has 0 spiro atoms. The van der Waals surface area contributed by atoms with Gasteiger partial charge in [-0.3, -0.25) is 9.78 Å². The number of carbonyl (C=O) groups excluding carboxylic acids is 1. The zero-order valence-electron chi connectivity index (χ0n) is 9.87. The van der Waals surface area contributed by atoms with Gasteiger partial charge in [0, 0.05) is 18.7 Å². The van der Waals surface area contributed by atoms with Gasteiger partial charge in [0.15, 0.2) is 0 Å². The van der Waals surface area contributed by atoms with Crippen molar-refractivity contribution in [3.8, 4) is 0 Å². The van der Waals surface area contributed by atoms with Gasteiger partial charge < -0.3 is 10.6 Å². The molecule has 0 aliphatic carbocycles. The number of pyridine rings is 1. The van der Waals surface area contributed by atoms with Crippen molar-refractivity contribution in [2.75, 3.05) is 10.6 Å². The summed E-state index contributed by atoms with van der Waals surface area (Å²) in [6, 6.07) is 2.02. The Hall–Kier alpha value is -1.58. The predicted octanol–water partition coefficient (Wildman–Crippen LogP) is 2.25. The van der Waals surface area contributed by atoms with E-state index in [0.717, 1.165) is 11.4 Å². The highest BCUT2D eigenvalue weighted by Gasteiger charge is 2.29. The minimum absolute atomic E-state index is 0.0409. The minimum Gasteiger partial charge on any atom is -0.379 e. The molecule has 2 rings (SSSR count). The number of carbonyl (C=O) groups is 1. The number of amides is 1. The smallest absolute Gasteiger partial charge is 0.226 e. The van der Waals surface area contributed by atoms with Gasteiger partial charge in [-0.15, -0.1) is 0 Å². The zero-order chi connectivity index (χ0) is 11.8. The number of hydrogen-bond donors (Lipinski definition) is 2. The average Bonchev–Trinajstić information content (AvgIpc) is 2.34. The van der Waals surface area contributed by atoms with Gasteiger partial charge in [-0.05, 0) is 11.5 Å². The fourth-order valence-electron chi connectivity index (χ4n) is 1.77. The lowest BCUT2D eigenvalue weighted by atomic mass is 9.84. The molecule has 1 unspecified atom stereocenters. The Morgan fingerprint density at radius 3 is 2.81 bits per heavy atom. The van der Waals surface area contributed by atoms with Gasteiger partial charge in [-0.25, -0.2) is 0 Å². The second-order valence-electron chi connectivity index (χ2n) is 5.24. The summed E-state index contributed by atoms with van der Waals surface area (Å²) in [5, 5.41) is 6.27. The standard InChI is InChI=1S/C12H17N3O/c1-12(2,3)10-6-11(16)15-9-7-13-5-4-8(9)14-10/h4-5,7,10,14H,6H2,1-3H3,(H,15,16). The van der Waals surface area contributed by atoms with Gasteiger partial charge in [-0.2, -0.15) is 0 Å². The van der Waals surface area contributed by atoms with Crippen molar-refractivity contribution >= 4 is 17.3 Å². The van der Waals surface area contributed by atoms with Crippen LogP contribution in [0.2, 0.25) is 0 Å². The maximum absolute atomic E-state index is 11.7. The van der Waals surface area contributed by atoms with Gasteiger partial charge in [-0.1, -0.05) is 20.8 Å². The van der Waals surface area contributed by atoms with Crippen LogP contribution in [0.25, 0.3) is 0 Å². The molecule has 0 saturated heterocycles. The molecule has 1 amide bonds. The molecule has 1 aliphatic rings. The lowest BCUT2D eigenvalue weighted by molar-refractivity contribution is -0.116. The Labute approximate surface area is 95.5 Å². The van der Waals surface area contributed by atoms with Crippen molar-refractivity contribution in [2.24, 2.45) is 5.41 Å². The Morgan fingerprint density at radius 2 is 2.12 bits per heavy atom. The molecule has 0 saturated carbocycles. The first kappa shape index (κ1) is 10.9. The van der Waals surface area contributed by atoms with Crippen LogP contribution in [0, 0.1) is 5.41 Å². The van der Waals surface area contributed by atoms with E-state index in [4.69, 9.17) is 0 Å². The van der Waals surface area contributed by atoms with Crippen molar-refractivity contribution in [3.05, 3.63) is 18.5 Å². The molecule has 86 valence electrons. The summed E-state index contributed by atoms with van der Waals surface area (Å²) in [5.74, 6) is 0.0409. The predicted molar refractivity (Wildman–Crippen MR) is 64.3 cm³/mol. The number of fused-ring (bicyclic) bond motifs is 1. The fraction of sp³-hybridized carbons (Fsp3) is 0.500. The molecule has 1 atom stereocenters. The van der Waals surface area contributed by atoms with E-state index in [1.807, 2.05) is 6.07 Å². The highest BCUT2D eigenvalue weighted by Crippen LogP contribution is 2.31. The van der Waals surface area contributed by atoms with E-state index < -0.39 is 0 Å². The van der Waals surface area contributed by atoms with Crippen LogP contribution >= 0.6 is 0 Å². The van der Waals surface area contributed by atoms with Crippen LogP contribution in [-0.2, 0) is 4.79 Å². The fourth-order valence-corrected chi connectivity index (χ4v) is 1.77. The molecule has 1 aromatic rings. The Balaban J connectivity index is 2.34. The Kier molecular flexibility index (Phi) is 2.58. The van der Waals surface area contributed by atoms with E-state index >= 15 is 0 Å². The van der Waals surface area contributed by atoms with Crippen LogP contribution in [0.1, 0.15) is 27.2 Å². The van der Waals surface area contributed by atoms with Gasteiger partial charge in [0.25, 0.3) is 0 Å². The number of rotatable bonds is 0. The van der Waals surface area contributed by atoms with Crippen molar-refractivity contribution in [1.82, 2.24) is 4.98 Å².